The molecular weight excluding hydrogens is 134 g/mol. The second-order valence-electron chi connectivity index (χ2n) is 2.82. The first kappa shape index (κ1) is 8.38. The number of allylic oxidation sites excluding steroid dienone is 3. The molecule has 1 nitrogen and oxygen atoms in total. The maximum Gasteiger partial charge on any atom is 0.0352 e. The van der Waals surface area contributed by atoms with Crippen LogP contribution in [-0.4, -0.2) is 18.0 Å². The summed E-state index contributed by atoms with van der Waals surface area (Å²) in [5.74, 6) is 0. The van der Waals surface area contributed by atoms with Crippen LogP contribution < -0.4 is 0 Å². The molecule has 11 heavy (non-hydrogen) atoms. The molecule has 1 fully saturated rings. The van der Waals surface area contributed by atoms with E-state index in [1.807, 2.05) is 0 Å². The molecule has 0 saturated carbocycles. The van der Waals surface area contributed by atoms with Gasteiger partial charge in [0.1, 0.15) is 0 Å². The van der Waals surface area contributed by atoms with Crippen LogP contribution >= 0.6 is 0 Å². The van der Waals surface area contributed by atoms with Crippen molar-refractivity contribution in [2.24, 2.45) is 0 Å². The van der Waals surface area contributed by atoms with Crippen molar-refractivity contribution in [2.75, 3.05) is 13.1 Å². The summed E-state index contributed by atoms with van der Waals surface area (Å²) in [7, 11) is 0. The van der Waals surface area contributed by atoms with Crippen LogP contribution in [0.25, 0.3) is 0 Å². The molecule has 0 bridgehead atoms. The van der Waals surface area contributed by atoms with Crippen LogP contribution in [0.1, 0.15) is 27.2 Å². The van der Waals surface area contributed by atoms with E-state index in [0.717, 1.165) is 6.54 Å². The molecule has 1 heteroatoms. The number of hydrogen-bond donors (Lipinski definition) is 0. The molecule has 0 radical (unpaired) electrons. The first-order valence-corrected chi connectivity index (χ1v) is 4.40. The van der Waals surface area contributed by atoms with Gasteiger partial charge in [0.05, 0.1) is 0 Å². The van der Waals surface area contributed by atoms with Gasteiger partial charge < -0.3 is 4.90 Å². The summed E-state index contributed by atoms with van der Waals surface area (Å²) in [5, 5.41) is 0. The SMILES string of the molecule is C/C=C1\CCN(CC)\C1=C\C. The Morgan fingerprint density at radius 2 is 2.09 bits per heavy atom. The summed E-state index contributed by atoms with van der Waals surface area (Å²) in [6, 6.07) is 0. The van der Waals surface area contributed by atoms with Gasteiger partial charge in [0.15, 0.2) is 0 Å². The Labute approximate surface area is 69.4 Å². The van der Waals surface area contributed by atoms with E-state index in [1.54, 1.807) is 0 Å². The lowest BCUT2D eigenvalue weighted by Gasteiger charge is -2.16. The van der Waals surface area contributed by atoms with E-state index in [4.69, 9.17) is 0 Å². The molecule has 0 aromatic carbocycles. The number of nitrogens with zero attached hydrogens (tertiary/aromatic N) is 1. The highest BCUT2D eigenvalue weighted by atomic mass is 15.1. The van der Waals surface area contributed by atoms with Gasteiger partial charge in [-0.1, -0.05) is 12.2 Å². The van der Waals surface area contributed by atoms with Crippen molar-refractivity contribution in [1.82, 2.24) is 4.90 Å². The molecule has 0 atom stereocenters. The van der Waals surface area contributed by atoms with Gasteiger partial charge in [0.25, 0.3) is 0 Å². The van der Waals surface area contributed by atoms with Gasteiger partial charge in [-0.25, -0.2) is 0 Å². The standard InChI is InChI=1S/C10H17N/c1-4-9-7-8-11(6-3)10(9)5-2/h4-5H,6-8H2,1-3H3/b9-4+,10-5+. The first-order valence-electron chi connectivity index (χ1n) is 4.40. The average molecular weight is 151 g/mol. The van der Waals surface area contributed by atoms with Crippen molar-refractivity contribution in [2.45, 2.75) is 27.2 Å². The number of likely N-dealkylation sites (N-methyl/N-ethyl adjacent to an activating group) is 1. The number of hydrogen-bond acceptors (Lipinski definition) is 1. The van der Waals surface area contributed by atoms with Crippen molar-refractivity contribution < 1.29 is 0 Å². The molecule has 1 heterocycles. The summed E-state index contributed by atoms with van der Waals surface area (Å²) in [4.78, 5) is 2.43. The Bertz CT molecular complexity index is 189. The fourth-order valence-electron chi connectivity index (χ4n) is 1.70. The van der Waals surface area contributed by atoms with Gasteiger partial charge in [0.2, 0.25) is 0 Å². The minimum Gasteiger partial charge on any atom is -0.372 e. The highest BCUT2D eigenvalue weighted by molar-refractivity contribution is 5.33. The Kier molecular flexibility index (Phi) is 2.75. The van der Waals surface area contributed by atoms with Gasteiger partial charge in [-0.05, 0) is 32.8 Å². The molecule has 0 amide bonds. The molecule has 0 aromatic heterocycles. The monoisotopic (exact) mass is 151 g/mol. The molecule has 1 rings (SSSR count). The van der Waals surface area contributed by atoms with Crippen molar-refractivity contribution in [1.29, 1.82) is 0 Å². The predicted octanol–water partition coefficient (Wildman–Crippen LogP) is 2.56. The van der Waals surface area contributed by atoms with Crippen LogP contribution in [0.15, 0.2) is 23.4 Å². The van der Waals surface area contributed by atoms with E-state index < -0.39 is 0 Å². The summed E-state index contributed by atoms with van der Waals surface area (Å²) < 4.78 is 0. The lowest BCUT2D eigenvalue weighted by molar-refractivity contribution is 0.416. The van der Waals surface area contributed by atoms with E-state index in [2.05, 4.69) is 37.8 Å². The molecule has 0 unspecified atom stereocenters. The maximum atomic E-state index is 2.43. The molecule has 0 aliphatic carbocycles. The Morgan fingerprint density at radius 3 is 2.55 bits per heavy atom. The smallest absolute Gasteiger partial charge is 0.0352 e. The Hall–Kier alpha value is -0.720. The Morgan fingerprint density at radius 1 is 1.36 bits per heavy atom. The zero-order chi connectivity index (χ0) is 8.27. The molecule has 62 valence electrons. The third kappa shape index (κ3) is 1.47. The van der Waals surface area contributed by atoms with E-state index in [0.29, 0.717) is 0 Å². The lowest BCUT2D eigenvalue weighted by Crippen LogP contribution is -2.16. The van der Waals surface area contributed by atoms with E-state index in [-0.39, 0.29) is 0 Å². The second-order valence-corrected chi connectivity index (χ2v) is 2.82. The zero-order valence-corrected chi connectivity index (χ0v) is 7.72. The molecule has 0 spiro atoms. The number of likely N-dealkylation sites (tertiary alicyclic amines) is 1. The molecular formula is C10H17N. The van der Waals surface area contributed by atoms with Crippen molar-refractivity contribution in [3.63, 3.8) is 0 Å². The Balaban J connectivity index is 2.80. The van der Waals surface area contributed by atoms with Gasteiger partial charge in [-0.2, -0.15) is 0 Å². The van der Waals surface area contributed by atoms with Crippen LogP contribution in [-0.2, 0) is 0 Å². The normalized spacial score (nSPS) is 25.5. The molecule has 1 aliphatic heterocycles. The maximum absolute atomic E-state index is 2.43. The number of rotatable bonds is 1. The molecule has 1 saturated heterocycles. The van der Waals surface area contributed by atoms with Gasteiger partial charge in [-0.3, -0.25) is 0 Å². The minimum atomic E-state index is 1.14. The van der Waals surface area contributed by atoms with Gasteiger partial charge >= 0.3 is 0 Å². The van der Waals surface area contributed by atoms with Crippen LogP contribution in [0.5, 0.6) is 0 Å². The first-order chi connectivity index (χ1) is 5.33. The largest absolute Gasteiger partial charge is 0.372 e. The third-order valence-corrected chi connectivity index (χ3v) is 2.32. The van der Waals surface area contributed by atoms with E-state index >= 15 is 0 Å². The van der Waals surface area contributed by atoms with Crippen molar-refractivity contribution >= 4 is 0 Å². The van der Waals surface area contributed by atoms with Crippen LogP contribution in [0.3, 0.4) is 0 Å². The predicted molar refractivity (Wildman–Crippen MR) is 49.4 cm³/mol. The zero-order valence-electron chi connectivity index (χ0n) is 7.72. The third-order valence-electron chi connectivity index (χ3n) is 2.32. The fraction of sp³-hybridized carbons (Fsp3) is 0.600. The van der Waals surface area contributed by atoms with Gasteiger partial charge in [-0.15, -0.1) is 0 Å². The second kappa shape index (κ2) is 3.61. The fourth-order valence-corrected chi connectivity index (χ4v) is 1.70. The molecule has 0 aromatic rings. The van der Waals surface area contributed by atoms with Crippen molar-refractivity contribution in [3.05, 3.63) is 23.4 Å². The quantitative estimate of drug-likeness (QED) is 0.556. The minimum absolute atomic E-state index is 1.14. The van der Waals surface area contributed by atoms with Crippen LogP contribution in [0.4, 0.5) is 0 Å². The van der Waals surface area contributed by atoms with E-state index in [1.165, 1.54) is 24.2 Å². The van der Waals surface area contributed by atoms with Gasteiger partial charge in [0, 0.05) is 18.8 Å². The van der Waals surface area contributed by atoms with E-state index in [9.17, 15) is 0 Å². The summed E-state index contributed by atoms with van der Waals surface area (Å²) >= 11 is 0. The summed E-state index contributed by atoms with van der Waals surface area (Å²) in [6.45, 7) is 8.79. The topological polar surface area (TPSA) is 3.24 Å². The molecule has 0 N–H and O–H groups in total. The molecule has 1 aliphatic rings. The highest BCUT2D eigenvalue weighted by Gasteiger charge is 2.18. The summed E-state index contributed by atoms with van der Waals surface area (Å²) in [6.07, 6.45) is 5.67. The van der Waals surface area contributed by atoms with Crippen molar-refractivity contribution in [3.8, 4) is 0 Å². The van der Waals surface area contributed by atoms with Crippen LogP contribution in [0.2, 0.25) is 0 Å². The summed E-state index contributed by atoms with van der Waals surface area (Å²) in [5.41, 5.74) is 2.95. The lowest BCUT2D eigenvalue weighted by atomic mass is 10.2. The average Bonchev–Trinajstić information content (AvgIpc) is 2.45. The van der Waals surface area contributed by atoms with Crippen LogP contribution in [0, 0.1) is 0 Å². The highest BCUT2D eigenvalue weighted by Crippen LogP contribution is 2.26.